The minimum Gasteiger partial charge on any atom is -0.494 e. The minimum absolute atomic E-state index is 0.0597. The molecule has 2 amide bonds. The lowest BCUT2D eigenvalue weighted by Crippen LogP contribution is -2.27. The van der Waals surface area contributed by atoms with Gasteiger partial charge in [0.15, 0.2) is 0 Å². The third kappa shape index (κ3) is 3.72. The van der Waals surface area contributed by atoms with Crippen LogP contribution in [0.1, 0.15) is 27.6 Å². The Balaban J connectivity index is 1.90. The first kappa shape index (κ1) is 17.2. The van der Waals surface area contributed by atoms with Gasteiger partial charge in [0.1, 0.15) is 16.9 Å². The Kier molecular flexibility index (Phi) is 4.98. The number of fused-ring (bicyclic) bond motifs is 1. The van der Waals surface area contributed by atoms with Crippen molar-refractivity contribution in [3.8, 4) is 5.75 Å². The van der Waals surface area contributed by atoms with Gasteiger partial charge in [-0.25, -0.2) is 5.43 Å². The Bertz CT molecular complexity index is 1020. The van der Waals surface area contributed by atoms with Crippen molar-refractivity contribution in [1.82, 2.24) is 5.43 Å². The van der Waals surface area contributed by atoms with Gasteiger partial charge in [-0.3, -0.25) is 9.59 Å². The summed E-state index contributed by atoms with van der Waals surface area (Å²) >= 11 is 0. The van der Waals surface area contributed by atoms with Crippen molar-refractivity contribution < 1.29 is 18.7 Å². The van der Waals surface area contributed by atoms with Crippen LogP contribution in [0, 0.1) is 0 Å². The first-order chi connectivity index (χ1) is 12.6. The van der Waals surface area contributed by atoms with Crippen LogP contribution < -0.4 is 21.5 Å². The Morgan fingerprint density at radius 3 is 2.58 bits per heavy atom. The van der Waals surface area contributed by atoms with E-state index in [1.54, 1.807) is 48.5 Å². The average molecular weight is 351 g/mol. The van der Waals surface area contributed by atoms with E-state index in [-0.39, 0.29) is 11.1 Å². The van der Waals surface area contributed by atoms with E-state index in [1.807, 2.05) is 13.0 Å². The van der Waals surface area contributed by atoms with Crippen molar-refractivity contribution in [2.75, 3.05) is 6.61 Å². The summed E-state index contributed by atoms with van der Waals surface area (Å²) in [4.78, 5) is 23.9. The van der Waals surface area contributed by atoms with Crippen molar-refractivity contribution in [2.24, 2.45) is 10.8 Å². The number of primary amides is 1. The highest BCUT2D eigenvalue weighted by molar-refractivity contribution is 5.96. The summed E-state index contributed by atoms with van der Waals surface area (Å²) in [6, 6.07) is 15.3. The van der Waals surface area contributed by atoms with Gasteiger partial charge >= 0.3 is 0 Å². The van der Waals surface area contributed by atoms with Crippen LogP contribution in [0.3, 0.4) is 0 Å². The van der Waals surface area contributed by atoms with Crippen LogP contribution in [0.2, 0.25) is 0 Å². The maximum atomic E-state index is 12.2. The average Bonchev–Trinajstić information content (AvgIpc) is 2.66. The highest BCUT2D eigenvalue weighted by Crippen LogP contribution is 2.13. The molecule has 0 atom stereocenters. The molecule has 0 aliphatic carbocycles. The van der Waals surface area contributed by atoms with Gasteiger partial charge in [-0.2, -0.15) is 0 Å². The van der Waals surface area contributed by atoms with E-state index >= 15 is 0 Å². The van der Waals surface area contributed by atoms with Crippen molar-refractivity contribution in [3.05, 3.63) is 71.3 Å². The fraction of sp³-hybridized carbons (Fsp3) is 0.105. The molecule has 0 saturated carbocycles. The molecule has 1 heterocycles. The molecule has 132 valence electrons. The molecule has 26 heavy (non-hydrogen) atoms. The van der Waals surface area contributed by atoms with Crippen LogP contribution in [0.5, 0.6) is 5.75 Å². The second-order valence-electron chi connectivity index (χ2n) is 5.38. The lowest BCUT2D eigenvalue weighted by atomic mass is 10.2. The van der Waals surface area contributed by atoms with Gasteiger partial charge in [0.05, 0.1) is 6.61 Å². The number of nitrogens with two attached hydrogens (primary N) is 1. The van der Waals surface area contributed by atoms with Crippen molar-refractivity contribution in [2.45, 2.75) is 6.92 Å². The Morgan fingerprint density at radius 1 is 1.15 bits per heavy atom. The maximum Gasteiger partial charge on any atom is 0.271 e. The monoisotopic (exact) mass is 351 g/mol. The largest absolute Gasteiger partial charge is 0.494 e. The third-order valence-electron chi connectivity index (χ3n) is 3.61. The van der Waals surface area contributed by atoms with Gasteiger partial charge in [0.2, 0.25) is 5.55 Å². The molecule has 7 heteroatoms. The van der Waals surface area contributed by atoms with Gasteiger partial charge < -0.3 is 14.9 Å². The number of carbonyl (C=O) groups is 2. The van der Waals surface area contributed by atoms with Crippen LogP contribution >= 0.6 is 0 Å². The summed E-state index contributed by atoms with van der Waals surface area (Å²) < 4.78 is 10.9. The van der Waals surface area contributed by atoms with Crippen molar-refractivity contribution in [1.29, 1.82) is 0 Å². The SMILES string of the molecule is CCOc1ccc(C(=O)NN=c2oc3ccccc3cc2C(N)=O)cc1. The maximum absolute atomic E-state index is 12.2. The number of carbonyl (C=O) groups excluding carboxylic acids is 2. The van der Waals surface area contributed by atoms with E-state index in [2.05, 4.69) is 10.5 Å². The first-order valence-corrected chi connectivity index (χ1v) is 7.98. The molecule has 0 unspecified atom stereocenters. The van der Waals surface area contributed by atoms with E-state index in [1.165, 1.54) is 0 Å². The fourth-order valence-corrected chi connectivity index (χ4v) is 2.36. The zero-order valence-electron chi connectivity index (χ0n) is 14.1. The molecule has 3 rings (SSSR count). The molecule has 0 radical (unpaired) electrons. The zero-order chi connectivity index (χ0) is 18.5. The molecule has 0 aliphatic rings. The fourth-order valence-electron chi connectivity index (χ4n) is 2.36. The molecule has 2 aromatic carbocycles. The summed E-state index contributed by atoms with van der Waals surface area (Å²) in [5, 5.41) is 4.62. The second-order valence-corrected chi connectivity index (χ2v) is 5.38. The third-order valence-corrected chi connectivity index (χ3v) is 3.61. The smallest absolute Gasteiger partial charge is 0.271 e. The quantitative estimate of drug-likeness (QED) is 0.687. The summed E-state index contributed by atoms with van der Waals surface area (Å²) in [5.41, 5.74) is 8.68. The van der Waals surface area contributed by atoms with E-state index in [4.69, 9.17) is 14.9 Å². The van der Waals surface area contributed by atoms with Crippen LogP contribution in [-0.2, 0) is 0 Å². The first-order valence-electron chi connectivity index (χ1n) is 7.98. The topological polar surface area (TPSA) is 107 Å². The number of amides is 2. The number of hydrogen-bond acceptors (Lipinski definition) is 5. The van der Waals surface area contributed by atoms with Gasteiger partial charge in [0, 0.05) is 10.9 Å². The summed E-state index contributed by atoms with van der Waals surface area (Å²) in [6.07, 6.45) is 0. The molecule has 0 spiro atoms. The molecular formula is C19H17N3O4. The normalized spacial score (nSPS) is 11.3. The van der Waals surface area contributed by atoms with Crippen LogP contribution in [-0.4, -0.2) is 18.4 Å². The molecule has 0 aliphatic heterocycles. The molecule has 0 bridgehead atoms. The zero-order valence-corrected chi connectivity index (χ0v) is 14.1. The highest BCUT2D eigenvalue weighted by atomic mass is 16.5. The van der Waals surface area contributed by atoms with Gasteiger partial charge in [0.25, 0.3) is 11.8 Å². The Hall–Kier alpha value is -3.61. The molecule has 0 fully saturated rings. The molecule has 3 aromatic rings. The van der Waals surface area contributed by atoms with Gasteiger partial charge in [-0.05, 0) is 43.3 Å². The summed E-state index contributed by atoms with van der Waals surface area (Å²) in [7, 11) is 0. The number of benzene rings is 2. The van der Waals surface area contributed by atoms with Gasteiger partial charge in [-0.1, -0.05) is 18.2 Å². The highest BCUT2D eigenvalue weighted by Gasteiger charge is 2.10. The second kappa shape index (κ2) is 7.52. The molecule has 7 nitrogen and oxygen atoms in total. The van der Waals surface area contributed by atoms with E-state index in [9.17, 15) is 9.59 Å². The van der Waals surface area contributed by atoms with Crippen LogP contribution in [0.15, 0.2) is 64.1 Å². The number of para-hydroxylation sites is 1. The van der Waals surface area contributed by atoms with Crippen molar-refractivity contribution >= 4 is 22.8 Å². The van der Waals surface area contributed by atoms with Crippen LogP contribution in [0.25, 0.3) is 11.0 Å². The Morgan fingerprint density at radius 2 is 1.88 bits per heavy atom. The lowest BCUT2D eigenvalue weighted by Gasteiger charge is -2.04. The molecular weight excluding hydrogens is 334 g/mol. The molecule has 0 saturated heterocycles. The summed E-state index contributed by atoms with van der Waals surface area (Å²) in [5.74, 6) is -0.484. The minimum atomic E-state index is -0.700. The number of rotatable bonds is 5. The van der Waals surface area contributed by atoms with Crippen molar-refractivity contribution in [3.63, 3.8) is 0 Å². The van der Waals surface area contributed by atoms with E-state index in [0.717, 1.165) is 0 Å². The molecule has 1 aromatic heterocycles. The number of hydrogen-bond donors (Lipinski definition) is 2. The molecule has 3 N–H and O–H groups in total. The predicted molar refractivity (Wildman–Crippen MR) is 95.4 cm³/mol. The Labute approximate surface area is 149 Å². The number of ether oxygens (including phenoxy) is 1. The number of nitrogens with zero attached hydrogens (tertiary/aromatic N) is 1. The van der Waals surface area contributed by atoms with E-state index < -0.39 is 11.8 Å². The lowest BCUT2D eigenvalue weighted by molar-refractivity contribution is 0.0946. The predicted octanol–water partition coefficient (Wildman–Crippen LogP) is 2.18. The standard InChI is InChI=1S/C19H17N3O4/c1-2-25-14-9-7-12(8-10-14)18(24)21-22-19-15(17(20)23)11-13-5-3-4-6-16(13)26-19/h3-11H,2H2,1H3,(H2,20,23)(H,21,24). The van der Waals surface area contributed by atoms with Crippen LogP contribution in [0.4, 0.5) is 0 Å². The van der Waals surface area contributed by atoms with E-state index in [0.29, 0.717) is 28.9 Å². The number of nitrogens with one attached hydrogen (secondary N) is 1. The van der Waals surface area contributed by atoms with Gasteiger partial charge in [-0.15, -0.1) is 5.10 Å². The summed E-state index contributed by atoms with van der Waals surface area (Å²) in [6.45, 7) is 2.42.